The van der Waals surface area contributed by atoms with Gasteiger partial charge in [-0.25, -0.2) is 0 Å². The molecule has 0 spiro atoms. The van der Waals surface area contributed by atoms with Gasteiger partial charge in [-0.05, 0) is 36.6 Å². The molecular formula is C11H14ClN. The predicted octanol–water partition coefficient (Wildman–Crippen LogP) is 2.96. The SMILES string of the molecule is C=CCC(CN)c1cccc(Cl)c1. The first-order chi connectivity index (χ1) is 6.27. The van der Waals surface area contributed by atoms with Crippen LogP contribution < -0.4 is 5.73 Å². The Labute approximate surface area is 84.2 Å². The predicted molar refractivity (Wildman–Crippen MR) is 58.1 cm³/mol. The smallest absolute Gasteiger partial charge is 0.0408 e. The zero-order chi connectivity index (χ0) is 9.68. The molecule has 1 atom stereocenters. The minimum absolute atomic E-state index is 0.344. The van der Waals surface area contributed by atoms with Crippen molar-refractivity contribution in [2.45, 2.75) is 12.3 Å². The normalized spacial score (nSPS) is 12.5. The molecule has 0 radical (unpaired) electrons. The van der Waals surface area contributed by atoms with Gasteiger partial charge in [0, 0.05) is 5.02 Å². The summed E-state index contributed by atoms with van der Waals surface area (Å²) < 4.78 is 0. The summed E-state index contributed by atoms with van der Waals surface area (Å²) in [7, 11) is 0. The zero-order valence-electron chi connectivity index (χ0n) is 7.54. The van der Waals surface area contributed by atoms with Crippen molar-refractivity contribution >= 4 is 11.6 Å². The van der Waals surface area contributed by atoms with E-state index in [0.29, 0.717) is 12.5 Å². The third-order valence-corrected chi connectivity index (χ3v) is 2.29. The van der Waals surface area contributed by atoms with Crippen LogP contribution in [-0.4, -0.2) is 6.54 Å². The maximum absolute atomic E-state index is 5.88. The first-order valence-electron chi connectivity index (χ1n) is 4.34. The van der Waals surface area contributed by atoms with E-state index in [-0.39, 0.29) is 0 Å². The Bertz CT molecular complexity index is 283. The summed E-state index contributed by atoms with van der Waals surface area (Å²) in [5.74, 6) is 0.344. The highest BCUT2D eigenvalue weighted by Gasteiger charge is 2.07. The third-order valence-electron chi connectivity index (χ3n) is 2.06. The number of hydrogen-bond acceptors (Lipinski definition) is 1. The van der Waals surface area contributed by atoms with Gasteiger partial charge in [-0.15, -0.1) is 6.58 Å². The summed E-state index contributed by atoms with van der Waals surface area (Å²) in [6.45, 7) is 4.34. The average molecular weight is 196 g/mol. The molecule has 1 unspecified atom stereocenters. The maximum atomic E-state index is 5.88. The molecule has 0 saturated carbocycles. The minimum Gasteiger partial charge on any atom is -0.330 e. The Kier molecular flexibility index (Phi) is 4.00. The molecule has 0 bridgehead atoms. The Morgan fingerprint density at radius 2 is 2.31 bits per heavy atom. The van der Waals surface area contributed by atoms with Crippen molar-refractivity contribution in [1.29, 1.82) is 0 Å². The fourth-order valence-electron chi connectivity index (χ4n) is 1.33. The van der Waals surface area contributed by atoms with E-state index < -0.39 is 0 Å². The lowest BCUT2D eigenvalue weighted by Crippen LogP contribution is -2.11. The van der Waals surface area contributed by atoms with Gasteiger partial charge in [-0.3, -0.25) is 0 Å². The first kappa shape index (κ1) is 10.3. The van der Waals surface area contributed by atoms with Crippen LogP contribution in [0.2, 0.25) is 5.02 Å². The Morgan fingerprint density at radius 3 is 2.85 bits per heavy atom. The molecule has 0 aliphatic carbocycles. The van der Waals surface area contributed by atoms with Crippen LogP contribution in [0.1, 0.15) is 17.9 Å². The fourth-order valence-corrected chi connectivity index (χ4v) is 1.53. The van der Waals surface area contributed by atoms with Crippen LogP contribution in [0, 0.1) is 0 Å². The molecule has 0 heterocycles. The summed E-state index contributed by atoms with van der Waals surface area (Å²) in [5, 5.41) is 0.764. The molecule has 13 heavy (non-hydrogen) atoms. The molecule has 0 amide bonds. The van der Waals surface area contributed by atoms with E-state index in [1.54, 1.807) is 0 Å². The molecule has 0 saturated heterocycles. The lowest BCUT2D eigenvalue weighted by atomic mass is 9.96. The lowest BCUT2D eigenvalue weighted by molar-refractivity contribution is 0.711. The number of halogens is 1. The highest BCUT2D eigenvalue weighted by atomic mass is 35.5. The van der Waals surface area contributed by atoms with Gasteiger partial charge in [0.2, 0.25) is 0 Å². The molecule has 2 N–H and O–H groups in total. The topological polar surface area (TPSA) is 26.0 Å². The molecule has 0 aliphatic heterocycles. The van der Waals surface area contributed by atoms with Gasteiger partial charge in [-0.2, -0.15) is 0 Å². The second-order valence-electron chi connectivity index (χ2n) is 3.01. The summed E-state index contributed by atoms with van der Waals surface area (Å²) in [5.41, 5.74) is 6.84. The molecule has 1 aromatic rings. The van der Waals surface area contributed by atoms with Crippen LogP contribution in [0.5, 0.6) is 0 Å². The van der Waals surface area contributed by atoms with Crippen LogP contribution in [-0.2, 0) is 0 Å². The van der Waals surface area contributed by atoms with E-state index in [4.69, 9.17) is 17.3 Å². The van der Waals surface area contributed by atoms with Crippen molar-refractivity contribution in [3.05, 3.63) is 47.5 Å². The monoisotopic (exact) mass is 195 g/mol. The van der Waals surface area contributed by atoms with E-state index in [2.05, 4.69) is 6.58 Å². The standard InChI is InChI=1S/C11H14ClN/c1-2-4-10(8-13)9-5-3-6-11(12)7-9/h2-3,5-7,10H,1,4,8,13H2. The molecule has 1 aromatic carbocycles. The Hall–Kier alpha value is -0.790. The number of allylic oxidation sites excluding steroid dienone is 1. The van der Waals surface area contributed by atoms with Crippen LogP contribution in [0.15, 0.2) is 36.9 Å². The summed E-state index contributed by atoms with van der Waals surface area (Å²) >= 11 is 5.88. The van der Waals surface area contributed by atoms with E-state index >= 15 is 0 Å². The summed E-state index contributed by atoms with van der Waals surface area (Å²) in [6, 6.07) is 7.82. The molecule has 0 fully saturated rings. The second-order valence-corrected chi connectivity index (χ2v) is 3.45. The van der Waals surface area contributed by atoms with Crippen LogP contribution in [0.25, 0.3) is 0 Å². The highest BCUT2D eigenvalue weighted by molar-refractivity contribution is 6.30. The van der Waals surface area contributed by atoms with Gasteiger partial charge in [-0.1, -0.05) is 29.8 Å². The van der Waals surface area contributed by atoms with Gasteiger partial charge in [0.15, 0.2) is 0 Å². The lowest BCUT2D eigenvalue weighted by Gasteiger charge is -2.12. The van der Waals surface area contributed by atoms with Crippen molar-refractivity contribution in [2.75, 3.05) is 6.54 Å². The van der Waals surface area contributed by atoms with Gasteiger partial charge in [0.05, 0.1) is 0 Å². The molecule has 1 rings (SSSR count). The molecule has 0 aromatic heterocycles. The van der Waals surface area contributed by atoms with Crippen molar-refractivity contribution < 1.29 is 0 Å². The summed E-state index contributed by atoms with van der Waals surface area (Å²) in [4.78, 5) is 0. The van der Waals surface area contributed by atoms with Gasteiger partial charge in [0.1, 0.15) is 0 Å². The van der Waals surface area contributed by atoms with Gasteiger partial charge in [0.25, 0.3) is 0 Å². The van der Waals surface area contributed by atoms with Crippen LogP contribution >= 0.6 is 11.6 Å². The van der Waals surface area contributed by atoms with Crippen molar-refractivity contribution in [2.24, 2.45) is 5.73 Å². The minimum atomic E-state index is 0.344. The van der Waals surface area contributed by atoms with Crippen molar-refractivity contribution in [3.63, 3.8) is 0 Å². The third kappa shape index (κ3) is 2.87. The van der Waals surface area contributed by atoms with E-state index in [0.717, 1.165) is 11.4 Å². The quantitative estimate of drug-likeness (QED) is 0.735. The van der Waals surface area contributed by atoms with E-state index in [1.807, 2.05) is 30.3 Å². The number of nitrogens with two attached hydrogens (primary N) is 1. The van der Waals surface area contributed by atoms with Crippen molar-refractivity contribution in [1.82, 2.24) is 0 Å². The number of benzene rings is 1. The number of rotatable bonds is 4. The molecule has 0 aliphatic rings. The van der Waals surface area contributed by atoms with Gasteiger partial charge >= 0.3 is 0 Å². The fraction of sp³-hybridized carbons (Fsp3) is 0.273. The van der Waals surface area contributed by atoms with E-state index in [1.165, 1.54) is 5.56 Å². The Morgan fingerprint density at radius 1 is 1.54 bits per heavy atom. The zero-order valence-corrected chi connectivity index (χ0v) is 8.30. The van der Waals surface area contributed by atoms with E-state index in [9.17, 15) is 0 Å². The molecule has 1 nitrogen and oxygen atoms in total. The number of hydrogen-bond donors (Lipinski definition) is 1. The maximum Gasteiger partial charge on any atom is 0.0408 e. The average Bonchev–Trinajstić information content (AvgIpc) is 2.14. The van der Waals surface area contributed by atoms with Gasteiger partial charge < -0.3 is 5.73 Å². The second kappa shape index (κ2) is 5.05. The largest absolute Gasteiger partial charge is 0.330 e. The van der Waals surface area contributed by atoms with Crippen molar-refractivity contribution in [3.8, 4) is 0 Å². The summed E-state index contributed by atoms with van der Waals surface area (Å²) in [6.07, 6.45) is 2.79. The molecule has 2 heteroatoms. The first-order valence-corrected chi connectivity index (χ1v) is 4.72. The molecule has 70 valence electrons. The van der Waals surface area contributed by atoms with Crippen LogP contribution in [0.4, 0.5) is 0 Å². The van der Waals surface area contributed by atoms with Crippen LogP contribution in [0.3, 0.4) is 0 Å². The Balaban J connectivity index is 2.84. The molecular weight excluding hydrogens is 182 g/mol. The highest BCUT2D eigenvalue weighted by Crippen LogP contribution is 2.21.